The van der Waals surface area contributed by atoms with E-state index in [-0.39, 0.29) is 23.0 Å². The maximum atomic E-state index is 9.42. The molecule has 0 bridgehead atoms. The van der Waals surface area contributed by atoms with Crippen molar-refractivity contribution in [2.45, 2.75) is 6.04 Å². The first kappa shape index (κ1) is 16.9. The Morgan fingerprint density at radius 2 is 2.00 bits per heavy atom. The van der Waals surface area contributed by atoms with Crippen molar-refractivity contribution in [2.24, 2.45) is 4.99 Å². The Kier molecular flexibility index (Phi) is 3.99. The van der Waals surface area contributed by atoms with Gasteiger partial charge in [-0.25, -0.2) is 15.0 Å². The van der Waals surface area contributed by atoms with E-state index < -0.39 is 6.04 Å². The fourth-order valence-corrected chi connectivity index (χ4v) is 3.17. The molecule has 3 aromatic rings. The van der Waals surface area contributed by atoms with Gasteiger partial charge in [-0.3, -0.25) is 5.32 Å². The van der Waals surface area contributed by atoms with Crippen molar-refractivity contribution in [2.75, 3.05) is 16.8 Å². The Bertz CT molecular complexity index is 1160. The van der Waals surface area contributed by atoms with Gasteiger partial charge in [-0.2, -0.15) is 10.5 Å². The molecular formula is C18H14N10. The van der Waals surface area contributed by atoms with Gasteiger partial charge in [0.05, 0.1) is 5.69 Å². The number of imidazole rings is 1. The van der Waals surface area contributed by atoms with Crippen molar-refractivity contribution in [3.63, 3.8) is 0 Å². The lowest BCUT2D eigenvalue weighted by Crippen LogP contribution is -2.33. The molecule has 10 nitrogen and oxygen atoms in total. The predicted molar refractivity (Wildman–Crippen MR) is 103 cm³/mol. The van der Waals surface area contributed by atoms with Gasteiger partial charge in [0, 0.05) is 23.5 Å². The molecule has 2 aromatic heterocycles. The van der Waals surface area contributed by atoms with Crippen LogP contribution in [0, 0.1) is 22.8 Å². The van der Waals surface area contributed by atoms with Crippen LogP contribution < -0.4 is 22.1 Å². The lowest BCUT2D eigenvalue weighted by atomic mass is 9.91. The minimum absolute atomic E-state index is 0.00234. The summed E-state index contributed by atoms with van der Waals surface area (Å²) in [5.41, 5.74) is 14.5. The van der Waals surface area contributed by atoms with Crippen LogP contribution in [0.4, 0.5) is 17.3 Å². The Labute approximate surface area is 159 Å². The van der Waals surface area contributed by atoms with E-state index in [2.05, 4.69) is 30.6 Å². The number of aliphatic imine (C=N–C) groups is 1. The first-order valence-corrected chi connectivity index (χ1v) is 8.21. The second-order valence-electron chi connectivity index (χ2n) is 5.93. The molecule has 0 radical (unpaired) electrons. The highest BCUT2D eigenvalue weighted by molar-refractivity contribution is 5.98. The van der Waals surface area contributed by atoms with Crippen molar-refractivity contribution >= 4 is 23.3 Å². The molecule has 136 valence electrons. The van der Waals surface area contributed by atoms with Gasteiger partial charge in [-0.1, -0.05) is 24.3 Å². The molecular weight excluding hydrogens is 356 g/mol. The van der Waals surface area contributed by atoms with E-state index in [0.717, 1.165) is 11.1 Å². The quantitative estimate of drug-likeness (QED) is 0.332. The molecule has 28 heavy (non-hydrogen) atoms. The zero-order valence-corrected chi connectivity index (χ0v) is 14.4. The van der Waals surface area contributed by atoms with E-state index in [9.17, 15) is 5.26 Å². The molecule has 10 heteroatoms. The average Bonchev–Trinajstić information content (AvgIpc) is 3.22. The van der Waals surface area contributed by atoms with Crippen molar-refractivity contribution < 1.29 is 0 Å². The van der Waals surface area contributed by atoms with Crippen LogP contribution in [0.1, 0.15) is 22.7 Å². The number of hydrogen-bond acceptors (Lipinski definition) is 9. The second-order valence-corrected chi connectivity index (χ2v) is 5.93. The Balaban J connectivity index is 1.98. The molecule has 1 aliphatic rings. The smallest absolute Gasteiger partial charge is 0.211 e. The fraction of sp³-hybridized carbons (Fsp3) is 0.0556. The number of aromatic nitrogens is 3. The summed E-state index contributed by atoms with van der Waals surface area (Å²) >= 11 is 0. The Morgan fingerprint density at radius 3 is 2.71 bits per heavy atom. The number of hydrogen-bond donors (Lipinski definition) is 5. The summed E-state index contributed by atoms with van der Waals surface area (Å²) in [5.74, 6) is 1.19. The molecule has 0 spiro atoms. The lowest BCUT2D eigenvalue weighted by molar-refractivity contribution is 0.847. The number of rotatable bonds is 2. The summed E-state index contributed by atoms with van der Waals surface area (Å²) < 4.78 is 0. The number of benzene rings is 1. The zero-order valence-electron chi connectivity index (χ0n) is 14.4. The molecule has 0 saturated carbocycles. The number of anilines is 3. The lowest BCUT2D eigenvalue weighted by Gasteiger charge is -2.27. The minimum Gasteiger partial charge on any atom is -0.397 e. The van der Waals surface area contributed by atoms with Crippen LogP contribution in [-0.4, -0.2) is 20.9 Å². The van der Waals surface area contributed by atoms with Crippen LogP contribution in [0.15, 0.2) is 41.7 Å². The van der Waals surface area contributed by atoms with Gasteiger partial charge in [0.25, 0.3) is 0 Å². The Morgan fingerprint density at radius 1 is 1.18 bits per heavy atom. The molecule has 1 unspecified atom stereocenters. The molecule has 7 N–H and O–H groups in total. The van der Waals surface area contributed by atoms with Crippen LogP contribution in [-0.2, 0) is 0 Å². The fourth-order valence-electron chi connectivity index (χ4n) is 3.17. The number of H-pyrrole nitrogens is 1. The summed E-state index contributed by atoms with van der Waals surface area (Å²) in [6.07, 6.45) is 5.20. The van der Waals surface area contributed by atoms with Crippen molar-refractivity contribution in [3.8, 4) is 23.7 Å². The summed E-state index contributed by atoms with van der Waals surface area (Å²) in [5, 5.41) is 23.8. The molecule has 0 amide bonds. The molecule has 0 saturated heterocycles. The SMILES string of the molecule is N#CNC1=NC(c2ccccc2-c2ncc[nH]2)c2c(nc(N)c(C#N)c2N)N1. The maximum absolute atomic E-state index is 9.42. The first-order chi connectivity index (χ1) is 13.6. The topological polar surface area (TPSA) is 178 Å². The van der Waals surface area contributed by atoms with Crippen LogP contribution in [0.25, 0.3) is 11.4 Å². The van der Waals surface area contributed by atoms with E-state index in [1.807, 2.05) is 36.5 Å². The van der Waals surface area contributed by atoms with Crippen LogP contribution in [0.5, 0.6) is 0 Å². The van der Waals surface area contributed by atoms with E-state index >= 15 is 0 Å². The van der Waals surface area contributed by atoms with Gasteiger partial charge in [-0.05, 0) is 5.56 Å². The average molecular weight is 370 g/mol. The number of nitrogens with two attached hydrogens (primary N) is 2. The van der Waals surface area contributed by atoms with Crippen LogP contribution in [0.3, 0.4) is 0 Å². The third-order valence-corrected chi connectivity index (χ3v) is 4.37. The molecule has 4 rings (SSSR count). The molecule has 0 aliphatic carbocycles. The van der Waals surface area contributed by atoms with Gasteiger partial charge < -0.3 is 21.8 Å². The minimum atomic E-state index is -0.631. The molecule has 1 aliphatic heterocycles. The van der Waals surface area contributed by atoms with Crippen molar-refractivity contribution in [1.82, 2.24) is 20.3 Å². The highest BCUT2D eigenvalue weighted by atomic mass is 15.2. The normalized spacial score (nSPS) is 14.8. The maximum Gasteiger partial charge on any atom is 0.211 e. The summed E-state index contributed by atoms with van der Waals surface area (Å²) in [6, 6.07) is 8.88. The molecule has 0 fully saturated rings. The van der Waals surface area contributed by atoms with Crippen molar-refractivity contribution in [3.05, 3.63) is 53.3 Å². The van der Waals surface area contributed by atoms with E-state index in [0.29, 0.717) is 17.2 Å². The summed E-state index contributed by atoms with van der Waals surface area (Å²) in [7, 11) is 0. The monoisotopic (exact) mass is 370 g/mol. The third kappa shape index (κ3) is 2.62. The molecule has 1 atom stereocenters. The Hall–Kier alpha value is -4.57. The third-order valence-electron chi connectivity index (χ3n) is 4.37. The number of nitrogen functional groups attached to an aromatic ring is 2. The van der Waals surface area contributed by atoms with E-state index in [4.69, 9.17) is 16.7 Å². The molecule has 1 aromatic carbocycles. The van der Waals surface area contributed by atoms with Crippen LogP contribution >= 0.6 is 0 Å². The number of aromatic amines is 1. The van der Waals surface area contributed by atoms with Crippen molar-refractivity contribution in [1.29, 1.82) is 10.5 Å². The van der Waals surface area contributed by atoms with Gasteiger partial charge >= 0.3 is 0 Å². The zero-order chi connectivity index (χ0) is 19.7. The van der Waals surface area contributed by atoms with Gasteiger partial charge in [0.15, 0.2) is 6.19 Å². The van der Waals surface area contributed by atoms with Gasteiger partial charge in [0.2, 0.25) is 5.96 Å². The first-order valence-electron chi connectivity index (χ1n) is 8.21. The van der Waals surface area contributed by atoms with Crippen LogP contribution in [0.2, 0.25) is 0 Å². The van der Waals surface area contributed by atoms with Gasteiger partial charge in [-0.15, -0.1) is 0 Å². The number of fused-ring (bicyclic) bond motifs is 1. The number of nitriles is 2. The number of nitrogens with one attached hydrogen (secondary N) is 3. The standard InChI is InChI=1S/C18H14N10/c19-7-11-13(21)12-14(26-18(25-8-20)28-17(12)27-15(11)22)9-3-1-2-4-10(9)16-23-5-6-24-16/h1-6,14H,(H,23,24)(H6,21,22,25,26,27,28). The summed E-state index contributed by atoms with van der Waals surface area (Å²) in [4.78, 5) is 16.2. The predicted octanol–water partition coefficient (Wildman–Crippen LogP) is 1.45. The number of pyridine rings is 1. The number of guanidine groups is 1. The largest absolute Gasteiger partial charge is 0.397 e. The highest BCUT2D eigenvalue weighted by Crippen LogP contribution is 2.42. The number of nitrogens with zero attached hydrogens (tertiary/aromatic N) is 5. The second kappa shape index (κ2) is 6.63. The van der Waals surface area contributed by atoms with E-state index in [1.54, 1.807) is 12.4 Å². The highest BCUT2D eigenvalue weighted by Gasteiger charge is 2.31. The summed E-state index contributed by atoms with van der Waals surface area (Å²) in [6.45, 7) is 0. The van der Waals surface area contributed by atoms with Gasteiger partial charge in [0.1, 0.15) is 35.1 Å². The molecule has 3 heterocycles. The van der Waals surface area contributed by atoms with E-state index in [1.165, 1.54) is 0 Å².